The summed E-state index contributed by atoms with van der Waals surface area (Å²) in [6, 6.07) is 0. The SMILES string of the molecule is CN=C(NCc1csc(N(C)C)n1)NCc1c(C)nn(C)c1C.I. The van der Waals surface area contributed by atoms with Gasteiger partial charge in [0.05, 0.1) is 17.9 Å². The molecule has 134 valence electrons. The van der Waals surface area contributed by atoms with E-state index in [0.717, 1.165) is 22.5 Å². The molecule has 0 atom stereocenters. The highest BCUT2D eigenvalue weighted by Gasteiger charge is 2.10. The first-order chi connectivity index (χ1) is 10.9. The number of nitrogens with zero attached hydrogens (tertiary/aromatic N) is 5. The lowest BCUT2D eigenvalue weighted by Crippen LogP contribution is -2.36. The maximum absolute atomic E-state index is 4.55. The van der Waals surface area contributed by atoms with Crippen molar-refractivity contribution in [2.45, 2.75) is 26.9 Å². The summed E-state index contributed by atoms with van der Waals surface area (Å²) in [7, 11) is 7.72. The van der Waals surface area contributed by atoms with Crippen molar-refractivity contribution in [1.82, 2.24) is 25.4 Å². The predicted octanol–water partition coefficient (Wildman–Crippen LogP) is 2.04. The topological polar surface area (TPSA) is 70.4 Å². The first kappa shape index (κ1) is 20.7. The molecule has 0 spiro atoms. The number of rotatable bonds is 5. The Labute approximate surface area is 164 Å². The number of hydrogen-bond donors (Lipinski definition) is 2. The Kier molecular flexibility index (Phi) is 7.94. The number of guanidine groups is 1. The zero-order valence-corrected chi connectivity index (χ0v) is 18.2. The quantitative estimate of drug-likeness (QED) is 0.404. The summed E-state index contributed by atoms with van der Waals surface area (Å²) in [6.45, 7) is 5.45. The van der Waals surface area contributed by atoms with Gasteiger partial charge in [0.25, 0.3) is 0 Å². The molecule has 2 aromatic heterocycles. The van der Waals surface area contributed by atoms with Gasteiger partial charge in [0.15, 0.2) is 11.1 Å². The van der Waals surface area contributed by atoms with Crippen LogP contribution in [0, 0.1) is 13.8 Å². The van der Waals surface area contributed by atoms with E-state index in [9.17, 15) is 0 Å². The monoisotopic (exact) mass is 463 g/mol. The second-order valence-electron chi connectivity index (χ2n) is 5.57. The summed E-state index contributed by atoms with van der Waals surface area (Å²) in [4.78, 5) is 10.8. The smallest absolute Gasteiger partial charge is 0.191 e. The molecule has 0 aliphatic heterocycles. The van der Waals surface area contributed by atoms with E-state index < -0.39 is 0 Å². The van der Waals surface area contributed by atoms with E-state index in [0.29, 0.717) is 13.1 Å². The molecule has 0 aliphatic rings. The summed E-state index contributed by atoms with van der Waals surface area (Å²) < 4.78 is 1.90. The van der Waals surface area contributed by atoms with Gasteiger partial charge in [-0.15, -0.1) is 35.3 Å². The molecule has 7 nitrogen and oxygen atoms in total. The van der Waals surface area contributed by atoms with E-state index in [1.54, 1.807) is 18.4 Å². The van der Waals surface area contributed by atoms with E-state index in [1.165, 1.54) is 11.3 Å². The maximum Gasteiger partial charge on any atom is 0.191 e. The largest absolute Gasteiger partial charge is 0.354 e. The Hall–Kier alpha value is -1.36. The zero-order chi connectivity index (χ0) is 17.0. The van der Waals surface area contributed by atoms with Crippen molar-refractivity contribution >= 4 is 46.4 Å². The van der Waals surface area contributed by atoms with Gasteiger partial charge in [-0.2, -0.15) is 5.10 Å². The first-order valence-corrected chi connectivity index (χ1v) is 8.35. The first-order valence-electron chi connectivity index (χ1n) is 7.47. The molecule has 0 saturated carbocycles. The summed E-state index contributed by atoms with van der Waals surface area (Å²) in [5, 5.41) is 14.1. The lowest BCUT2D eigenvalue weighted by atomic mass is 10.2. The van der Waals surface area contributed by atoms with E-state index in [4.69, 9.17) is 0 Å². The van der Waals surface area contributed by atoms with Crippen LogP contribution in [0.3, 0.4) is 0 Å². The Bertz CT molecular complexity index is 690. The van der Waals surface area contributed by atoms with Crippen molar-refractivity contribution < 1.29 is 0 Å². The van der Waals surface area contributed by atoms with Crippen LogP contribution in [0.4, 0.5) is 5.13 Å². The summed E-state index contributed by atoms with van der Waals surface area (Å²) >= 11 is 1.64. The number of aliphatic imine (C=N–C) groups is 1. The van der Waals surface area contributed by atoms with Gasteiger partial charge in [0, 0.05) is 51.4 Å². The van der Waals surface area contributed by atoms with Crippen molar-refractivity contribution in [3.05, 3.63) is 28.0 Å². The van der Waals surface area contributed by atoms with E-state index in [2.05, 4.69) is 38.0 Å². The second-order valence-corrected chi connectivity index (χ2v) is 6.40. The molecule has 0 radical (unpaired) electrons. The Morgan fingerprint density at radius 3 is 2.46 bits per heavy atom. The molecule has 2 heterocycles. The van der Waals surface area contributed by atoms with Crippen LogP contribution in [-0.4, -0.2) is 41.9 Å². The molecule has 0 amide bonds. The average Bonchev–Trinajstić information content (AvgIpc) is 3.07. The molecule has 0 unspecified atom stereocenters. The van der Waals surface area contributed by atoms with Gasteiger partial charge < -0.3 is 15.5 Å². The number of anilines is 1. The maximum atomic E-state index is 4.55. The lowest BCUT2D eigenvalue weighted by molar-refractivity contribution is 0.728. The lowest BCUT2D eigenvalue weighted by Gasteiger charge is -2.11. The second kappa shape index (κ2) is 9.21. The molecule has 24 heavy (non-hydrogen) atoms. The fourth-order valence-electron chi connectivity index (χ4n) is 2.22. The highest BCUT2D eigenvalue weighted by Crippen LogP contribution is 2.17. The Morgan fingerprint density at radius 2 is 1.96 bits per heavy atom. The van der Waals surface area contributed by atoms with Crippen LogP contribution in [0.1, 0.15) is 22.6 Å². The molecule has 0 aliphatic carbocycles. The van der Waals surface area contributed by atoms with Gasteiger partial charge >= 0.3 is 0 Å². The number of halogens is 1. The molecular weight excluding hydrogens is 437 g/mol. The molecule has 0 saturated heterocycles. The molecule has 0 bridgehead atoms. The Morgan fingerprint density at radius 1 is 1.29 bits per heavy atom. The van der Waals surface area contributed by atoms with Crippen LogP contribution in [0.25, 0.3) is 0 Å². The van der Waals surface area contributed by atoms with E-state index in [-0.39, 0.29) is 24.0 Å². The van der Waals surface area contributed by atoms with Crippen LogP contribution in [-0.2, 0) is 20.1 Å². The van der Waals surface area contributed by atoms with Gasteiger partial charge in [-0.1, -0.05) is 0 Å². The third kappa shape index (κ3) is 5.07. The number of aryl methyl sites for hydroxylation is 2. The molecule has 2 rings (SSSR count). The van der Waals surface area contributed by atoms with Gasteiger partial charge in [0.1, 0.15) is 0 Å². The van der Waals surface area contributed by atoms with Crippen LogP contribution in [0.5, 0.6) is 0 Å². The van der Waals surface area contributed by atoms with Crippen molar-refractivity contribution in [3.63, 3.8) is 0 Å². The summed E-state index contributed by atoms with van der Waals surface area (Å²) in [5.74, 6) is 0.757. The summed E-state index contributed by atoms with van der Waals surface area (Å²) in [6.07, 6.45) is 0. The van der Waals surface area contributed by atoms with Crippen molar-refractivity contribution in [1.29, 1.82) is 0 Å². The minimum atomic E-state index is 0. The van der Waals surface area contributed by atoms with Gasteiger partial charge in [-0.3, -0.25) is 9.67 Å². The number of thiazole rings is 1. The fourth-order valence-corrected chi connectivity index (χ4v) is 2.98. The zero-order valence-electron chi connectivity index (χ0n) is 15.0. The predicted molar refractivity (Wildman–Crippen MR) is 112 cm³/mol. The standard InChI is InChI=1S/C15H25N7S.HI/c1-10-13(11(2)22(6)20-10)8-18-14(16-3)17-7-12-9-23-15(19-12)21(4)5;/h9H,7-8H2,1-6H3,(H2,16,17,18);1H. The van der Waals surface area contributed by atoms with Gasteiger partial charge in [0.2, 0.25) is 0 Å². The Balaban J connectivity index is 0.00000288. The van der Waals surface area contributed by atoms with Crippen molar-refractivity contribution in [2.24, 2.45) is 12.0 Å². The van der Waals surface area contributed by atoms with Crippen LogP contribution < -0.4 is 15.5 Å². The molecule has 0 aromatic carbocycles. The van der Waals surface area contributed by atoms with Crippen LogP contribution >= 0.6 is 35.3 Å². The molecule has 2 aromatic rings. The van der Waals surface area contributed by atoms with Gasteiger partial charge in [-0.05, 0) is 13.8 Å². The van der Waals surface area contributed by atoms with Crippen molar-refractivity contribution in [2.75, 3.05) is 26.0 Å². The fraction of sp³-hybridized carbons (Fsp3) is 0.533. The average molecular weight is 463 g/mol. The highest BCUT2D eigenvalue weighted by atomic mass is 127. The van der Waals surface area contributed by atoms with Crippen LogP contribution in [0.2, 0.25) is 0 Å². The highest BCUT2D eigenvalue weighted by molar-refractivity contribution is 14.0. The number of nitrogens with one attached hydrogen (secondary N) is 2. The van der Waals surface area contributed by atoms with E-state index in [1.807, 2.05) is 37.6 Å². The molecule has 0 fully saturated rings. The third-order valence-electron chi connectivity index (χ3n) is 3.67. The number of aromatic nitrogens is 3. The molecule has 2 N–H and O–H groups in total. The molecule has 9 heteroatoms. The van der Waals surface area contributed by atoms with E-state index >= 15 is 0 Å². The molecular formula is C15H26IN7S. The van der Waals surface area contributed by atoms with Gasteiger partial charge in [-0.25, -0.2) is 4.98 Å². The minimum absolute atomic E-state index is 0. The van der Waals surface area contributed by atoms with Crippen LogP contribution in [0.15, 0.2) is 10.4 Å². The minimum Gasteiger partial charge on any atom is -0.354 e. The summed E-state index contributed by atoms with van der Waals surface area (Å²) in [5.41, 5.74) is 4.43. The van der Waals surface area contributed by atoms with Crippen molar-refractivity contribution in [3.8, 4) is 0 Å². The third-order valence-corrected chi connectivity index (χ3v) is 4.73. The number of hydrogen-bond acceptors (Lipinski definition) is 5. The normalized spacial score (nSPS) is 11.2.